The van der Waals surface area contributed by atoms with Gasteiger partial charge in [-0.1, -0.05) is 0 Å². The zero-order valence-corrected chi connectivity index (χ0v) is 11.3. The summed E-state index contributed by atoms with van der Waals surface area (Å²) in [5, 5.41) is 9.99. The second kappa shape index (κ2) is 4.82. The van der Waals surface area contributed by atoms with Crippen molar-refractivity contribution < 1.29 is 5.11 Å². The molecule has 0 radical (unpaired) electrons. The van der Waals surface area contributed by atoms with Crippen LogP contribution in [-0.4, -0.2) is 15.9 Å². The molecule has 3 rings (SSSR count). The predicted molar refractivity (Wildman–Crippen MR) is 75.4 cm³/mol. The molecular formula is C15H17NOS. The maximum Gasteiger partial charge on any atom is 0.0807 e. The van der Waals surface area contributed by atoms with E-state index in [4.69, 9.17) is 0 Å². The van der Waals surface area contributed by atoms with Crippen molar-refractivity contribution >= 4 is 11.8 Å². The molecule has 0 amide bonds. The zero-order chi connectivity index (χ0) is 12.5. The van der Waals surface area contributed by atoms with Crippen molar-refractivity contribution in [3.8, 4) is 5.69 Å². The van der Waals surface area contributed by atoms with E-state index in [9.17, 15) is 5.11 Å². The minimum atomic E-state index is -0.277. The molecule has 1 aliphatic carbocycles. The van der Waals surface area contributed by atoms with Crippen molar-refractivity contribution in [1.82, 2.24) is 4.57 Å². The molecule has 1 aromatic heterocycles. The number of rotatable bonds is 2. The summed E-state index contributed by atoms with van der Waals surface area (Å²) in [7, 11) is 0. The second-order valence-electron chi connectivity index (χ2n) is 4.69. The smallest absolute Gasteiger partial charge is 0.0807 e. The van der Waals surface area contributed by atoms with Crippen LogP contribution in [0.5, 0.6) is 0 Å². The second-order valence-corrected chi connectivity index (χ2v) is 5.57. The highest BCUT2D eigenvalue weighted by Crippen LogP contribution is 2.32. The predicted octanol–water partition coefficient (Wildman–Crippen LogP) is 3.57. The number of aliphatic hydroxyl groups excluding tert-OH is 1. The Bertz CT molecular complexity index is 544. The quantitative estimate of drug-likeness (QED) is 0.834. The summed E-state index contributed by atoms with van der Waals surface area (Å²) in [6.07, 6.45) is 6.91. The van der Waals surface area contributed by atoms with E-state index in [1.54, 1.807) is 11.8 Å². The van der Waals surface area contributed by atoms with E-state index < -0.39 is 0 Å². The molecule has 2 aromatic rings. The van der Waals surface area contributed by atoms with Gasteiger partial charge in [0, 0.05) is 28.0 Å². The maximum absolute atomic E-state index is 9.99. The Labute approximate surface area is 112 Å². The van der Waals surface area contributed by atoms with Crippen LogP contribution in [0, 0.1) is 0 Å². The zero-order valence-electron chi connectivity index (χ0n) is 10.5. The largest absolute Gasteiger partial charge is 0.388 e. The molecule has 2 nitrogen and oxygen atoms in total. The first-order valence-corrected chi connectivity index (χ1v) is 7.54. The van der Waals surface area contributed by atoms with Crippen molar-refractivity contribution in [2.75, 3.05) is 6.26 Å². The number of hydrogen-bond acceptors (Lipinski definition) is 2. The Kier molecular flexibility index (Phi) is 3.18. The van der Waals surface area contributed by atoms with Crippen molar-refractivity contribution in [3.05, 3.63) is 47.8 Å². The third kappa shape index (κ3) is 1.98. The van der Waals surface area contributed by atoms with E-state index in [1.165, 1.54) is 16.3 Å². The van der Waals surface area contributed by atoms with Gasteiger partial charge in [-0.15, -0.1) is 11.8 Å². The molecule has 1 aromatic carbocycles. The van der Waals surface area contributed by atoms with Gasteiger partial charge in [0.2, 0.25) is 0 Å². The van der Waals surface area contributed by atoms with E-state index in [0.717, 1.165) is 24.8 Å². The molecule has 1 aliphatic rings. The number of nitrogens with zero attached hydrogens (tertiary/aromatic N) is 1. The minimum absolute atomic E-state index is 0.277. The van der Waals surface area contributed by atoms with Gasteiger partial charge < -0.3 is 9.67 Å². The lowest BCUT2D eigenvalue weighted by Gasteiger charge is -2.20. The highest BCUT2D eigenvalue weighted by atomic mass is 32.2. The summed E-state index contributed by atoms with van der Waals surface area (Å²) in [6.45, 7) is 0. The Morgan fingerprint density at radius 3 is 2.72 bits per heavy atom. The molecule has 94 valence electrons. The van der Waals surface area contributed by atoms with Crippen molar-refractivity contribution in [2.45, 2.75) is 30.3 Å². The third-order valence-corrected chi connectivity index (χ3v) is 4.37. The van der Waals surface area contributed by atoms with Crippen molar-refractivity contribution in [2.24, 2.45) is 0 Å². The first-order chi connectivity index (χ1) is 8.79. The summed E-state index contributed by atoms with van der Waals surface area (Å²) < 4.78 is 2.21. The number of aliphatic hydroxyl groups is 1. The van der Waals surface area contributed by atoms with Gasteiger partial charge >= 0.3 is 0 Å². The van der Waals surface area contributed by atoms with Crippen molar-refractivity contribution in [1.29, 1.82) is 0 Å². The number of hydrogen-bond donors (Lipinski definition) is 1. The fourth-order valence-electron chi connectivity index (χ4n) is 2.65. The lowest BCUT2D eigenvalue weighted by molar-refractivity contribution is 0.156. The standard InChI is InChI=1S/C15H17NOS/c1-18-12-7-5-11(6-8-12)16-10-9-13-14(16)3-2-4-15(13)17/h5-10,15,17H,2-4H2,1H3. The lowest BCUT2D eigenvalue weighted by Crippen LogP contribution is -2.10. The highest BCUT2D eigenvalue weighted by molar-refractivity contribution is 7.98. The Hall–Kier alpha value is -1.19. The molecule has 0 saturated heterocycles. The molecule has 1 heterocycles. The molecule has 1 atom stereocenters. The van der Waals surface area contributed by atoms with Gasteiger partial charge in [-0.05, 0) is 55.9 Å². The number of fused-ring (bicyclic) bond motifs is 1. The van der Waals surface area contributed by atoms with Gasteiger partial charge in [0.15, 0.2) is 0 Å². The SMILES string of the molecule is CSc1ccc(-n2ccc3c2CCCC3O)cc1. The molecule has 18 heavy (non-hydrogen) atoms. The molecule has 0 bridgehead atoms. The topological polar surface area (TPSA) is 25.2 Å². The third-order valence-electron chi connectivity index (χ3n) is 3.63. The van der Waals surface area contributed by atoms with Crippen LogP contribution in [0.25, 0.3) is 5.69 Å². The van der Waals surface area contributed by atoms with Crippen LogP contribution in [0.15, 0.2) is 41.4 Å². The van der Waals surface area contributed by atoms with Crippen LogP contribution in [0.2, 0.25) is 0 Å². The minimum Gasteiger partial charge on any atom is -0.388 e. The molecule has 1 unspecified atom stereocenters. The fraction of sp³-hybridized carbons (Fsp3) is 0.333. The number of benzene rings is 1. The van der Waals surface area contributed by atoms with E-state index in [2.05, 4.69) is 47.4 Å². The molecule has 3 heteroatoms. The van der Waals surface area contributed by atoms with Gasteiger partial charge in [0.25, 0.3) is 0 Å². The van der Waals surface area contributed by atoms with Crippen LogP contribution in [0.1, 0.15) is 30.2 Å². The van der Waals surface area contributed by atoms with Gasteiger partial charge in [0.1, 0.15) is 0 Å². The monoisotopic (exact) mass is 259 g/mol. The van der Waals surface area contributed by atoms with Gasteiger partial charge in [0.05, 0.1) is 6.10 Å². The van der Waals surface area contributed by atoms with Crippen LogP contribution >= 0.6 is 11.8 Å². The molecular weight excluding hydrogens is 242 g/mol. The summed E-state index contributed by atoms with van der Waals surface area (Å²) in [6, 6.07) is 10.6. The molecule has 0 aliphatic heterocycles. The molecule has 0 fully saturated rings. The number of aromatic nitrogens is 1. The Morgan fingerprint density at radius 1 is 1.22 bits per heavy atom. The highest BCUT2D eigenvalue weighted by Gasteiger charge is 2.21. The fourth-order valence-corrected chi connectivity index (χ4v) is 3.06. The molecule has 0 spiro atoms. The van der Waals surface area contributed by atoms with Crippen LogP contribution < -0.4 is 0 Å². The Balaban J connectivity index is 2.01. The summed E-state index contributed by atoms with van der Waals surface area (Å²) in [5.41, 5.74) is 3.56. The normalized spacial score (nSPS) is 18.7. The van der Waals surface area contributed by atoms with Crippen LogP contribution in [0.3, 0.4) is 0 Å². The van der Waals surface area contributed by atoms with Gasteiger partial charge in [-0.25, -0.2) is 0 Å². The average molecular weight is 259 g/mol. The first-order valence-electron chi connectivity index (χ1n) is 6.32. The summed E-state index contributed by atoms with van der Waals surface area (Å²) >= 11 is 1.75. The van der Waals surface area contributed by atoms with E-state index >= 15 is 0 Å². The molecule has 0 saturated carbocycles. The average Bonchev–Trinajstić information content (AvgIpc) is 2.84. The van der Waals surface area contributed by atoms with Crippen LogP contribution in [0.4, 0.5) is 0 Å². The maximum atomic E-state index is 9.99. The summed E-state index contributed by atoms with van der Waals surface area (Å²) in [5.74, 6) is 0. The van der Waals surface area contributed by atoms with Gasteiger partial charge in [-0.2, -0.15) is 0 Å². The summed E-state index contributed by atoms with van der Waals surface area (Å²) in [4.78, 5) is 1.28. The Morgan fingerprint density at radius 2 is 2.00 bits per heavy atom. The van der Waals surface area contributed by atoms with E-state index in [0.29, 0.717) is 0 Å². The van der Waals surface area contributed by atoms with Crippen molar-refractivity contribution in [3.63, 3.8) is 0 Å². The van der Waals surface area contributed by atoms with Gasteiger partial charge in [-0.3, -0.25) is 0 Å². The lowest BCUT2D eigenvalue weighted by atomic mass is 9.95. The number of thioether (sulfide) groups is 1. The van der Waals surface area contributed by atoms with E-state index in [-0.39, 0.29) is 6.10 Å². The van der Waals surface area contributed by atoms with Crippen LogP contribution in [-0.2, 0) is 6.42 Å². The van der Waals surface area contributed by atoms with E-state index in [1.807, 2.05) is 0 Å². The first kappa shape index (κ1) is 11.9. The molecule has 1 N–H and O–H groups in total.